The molecule has 0 unspecified atom stereocenters. The fourth-order valence-corrected chi connectivity index (χ4v) is 4.22. The Hall–Kier alpha value is -3.47. The van der Waals surface area contributed by atoms with E-state index in [9.17, 15) is 24.0 Å². The quantitative estimate of drug-likeness (QED) is 0.209. The standard InChI is InChI=1S/C32H52N4O7/c1-19(2)15-23(33)28(38)36-27(21(5)6)30(40)34-24(17-26(37)43-32(7,8)9)29(39)35-25(16-20(3)4)31(41)42-18-22-13-11-10-12-14-22/h10-14,19-21,23-25,27H,15-18,33H2,1-9H3,(H,34,40)(H,35,39)(H,36,38)/t23-,24+,25-,27+/m1/s1. The van der Waals surface area contributed by atoms with Gasteiger partial charge in [-0.15, -0.1) is 0 Å². The van der Waals surface area contributed by atoms with Gasteiger partial charge in [0.15, 0.2) is 0 Å². The summed E-state index contributed by atoms with van der Waals surface area (Å²) in [5.41, 5.74) is 5.97. The maximum Gasteiger partial charge on any atom is 0.328 e. The van der Waals surface area contributed by atoms with E-state index in [1.54, 1.807) is 34.6 Å². The molecule has 5 N–H and O–H groups in total. The minimum Gasteiger partial charge on any atom is -0.460 e. The van der Waals surface area contributed by atoms with E-state index in [0.717, 1.165) is 5.56 Å². The van der Waals surface area contributed by atoms with Crippen LogP contribution >= 0.6 is 0 Å². The molecule has 0 aliphatic heterocycles. The number of esters is 2. The van der Waals surface area contributed by atoms with Gasteiger partial charge in [-0.3, -0.25) is 19.2 Å². The SMILES string of the molecule is CC(C)C[C@@H](N)C(=O)N[C@H](C(=O)N[C@@H](CC(=O)OC(C)(C)C)C(=O)N[C@H](CC(C)C)C(=O)OCc1ccccc1)C(C)C. The second kappa shape index (κ2) is 17.6. The first-order valence-electron chi connectivity index (χ1n) is 15.0. The molecular weight excluding hydrogens is 552 g/mol. The van der Waals surface area contributed by atoms with E-state index in [2.05, 4.69) is 16.0 Å². The first-order chi connectivity index (χ1) is 19.9. The van der Waals surface area contributed by atoms with E-state index in [0.29, 0.717) is 6.42 Å². The molecule has 0 aromatic heterocycles. The lowest BCUT2D eigenvalue weighted by atomic mass is 9.99. The molecule has 1 aromatic rings. The van der Waals surface area contributed by atoms with Crippen LogP contribution in [0.25, 0.3) is 0 Å². The molecule has 0 saturated carbocycles. The first kappa shape index (κ1) is 37.6. The zero-order valence-electron chi connectivity index (χ0n) is 27.2. The Morgan fingerprint density at radius 2 is 1.33 bits per heavy atom. The van der Waals surface area contributed by atoms with Gasteiger partial charge in [0, 0.05) is 0 Å². The molecule has 0 spiro atoms. The molecule has 3 amide bonds. The van der Waals surface area contributed by atoms with Crippen LogP contribution in [0.5, 0.6) is 0 Å². The van der Waals surface area contributed by atoms with E-state index in [-0.39, 0.29) is 30.8 Å². The maximum atomic E-state index is 13.5. The predicted octanol–water partition coefficient (Wildman–Crippen LogP) is 2.99. The number of nitrogens with two attached hydrogens (primary N) is 1. The van der Waals surface area contributed by atoms with Crippen LogP contribution in [0.3, 0.4) is 0 Å². The van der Waals surface area contributed by atoms with Crippen LogP contribution in [-0.2, 0) is 40.1 Å². The Kier molecular flexibility index (Phi) is 15.4. The molecule has 43 heavy (non-hydrogen) atoms. The van der Waals surface area contributed by atoms with Crippen molar-refractivity contribution in [3.05, 3.63) is 35.9 Å². The highest BCUT2D eigenvalue weighted by Crippen LogP contribution is 2.13. The minimum atomic E-state index is -1.39. The van der Waals surface area contributed by atoms with Crippen LogP contribution in [0.15, 0.2) is 30.3 Å². The molecule has 0 aliphatic rings. The molecule has 242 valence electrons. The highest BCUT2D eigenvalue weighted by atomic mass is 16.6. The highest BCUT2D eigenvalue weighted by Gasteiger charge is 2.34. The largest absolute Gasteiger partial charge is 0.460 e. The smallest absolute Gasteiger partial charge is 0.328 e. The third-order valence-electron chi connectivity index (χ3n) is 6.26. The first-order valence-corrected chi connectivity index (χ1v) is 15.0. The summed E-state index contributed by atoms with van der Waals surface area (Å²) in [7, 11) is 0. The van der Waals surface area contributed by atoms with Crippen molar-refractivity contribution in [2.75, 3.05) is 0 Å². The Labute approximate surface area is 256 Å². The summed E-state index contributed by atoms with van der Waals surface area (Å²) in [6.45, 7) is 16.2. The number of hydrogen-bond acceptors (Lipinski definition) is 8. The highest BCUT2D eigenvalue weighted by molar-refractivity contribution is 5.96. The number of carbonyl (C=O) groups is 5. The van der Waals surface area contributed by atoms with Crippen molar-refractivity contribution in [3.8, 4) is 0 Å². The van der Waals surface area contributed by atoms with Crippen molar-refractivity contribution < 1.29 is 33.4 Å². The second-order valence-corrected chi connectivity index (χ2v) is 13.1. The number of rotatable bonds is 16. The van der Waals surface area contributed by atoms with Gasteiger partial charge in [-0.25, -0.2) is 4.79 Å². The third-order valence-corrected chi connectivity index (χ3v) is 6.26. The van der Waals surface area contributed by atoms with Gasteiger partial charge in [-0.05, 0) is 56.9 Å². The van der Waals surface area contributed by atoms with Gasteiger partial charge < -0.3 is 31.2 Å². The zero-order chi connectivity index (χ0) is 32.9. The normalized spacial score (nSPS) is 14.4. The summed E-state index contributed by atoms with van der Waals surface area (Å²) in [4.78, 5) is 65.5. The van der Waals surface area contributed by atoms with E-state index < -0.39 is 65.8 Å². The van der Waals surface area contributed by atoms with Crippen molar-refractivity contribution in [1.29, 1.82) is 0 Å². The minimum absolute atomic E-state index is 0.0176. The van der Waals surface area contributed by atoms with Crippen LogP contribution in [0, 0.1) is 17.8 Å². The molecule has 0 heterocycles. The summed E-state index contributed by atoms with van der Waals surface area (Å²) >= 11 is 0. The molecule has 1 aromatic carbocycles. The molecule has 1 rings (SSSR count). The number of amides is 3. The topological polar surface area (TPSA) is 166 Å². The number of carbonyl (C=O) groups excluding carboxylic acids is 5. The summed E-state index contributed by atoms with van der Waals surface area (Å²) in [6, 6.07) is 4.88. The second-order valence-electron chi connectivity index (χ2n) is 13.1. The fourth-order valence-electron chi connectivity index (χ4n) is 4.22. The average molecular weight is 605 g/mol. The molecule has 0 saturated heterocycles. The Balaban J connectivity index is 3.17. The van der Waals surface area contributed by atoms with Gasteiger partial charge >= 0.3 is 11.9 Å². The van der Waals surface area contributed by atoms with Gasteiger partial charge in [-0.2, -0.15) is 0 Å². The van der Waals surface area contributed by atoms with Gasteiger partial charge in [0.2, 0.25) is 17.7 Å². The van der Waals surface area contributed by atoms with Crippen LogP contribution < -0.4 is 21.7 Å². The molecule has 0 radical (unpaired) electrons. The molecule has 11 heteroatoms. The van der Waals surface area contributed by atoms with Crippen molar-refractivity contribution in [2.45, 2.75) is 118 Å². The van der Waals surface area contributed by atoms with Crippen LogP contribution in [-0.4, -0.2) is 59.4 Å². The van der Waals surface area contributed by atoms with E-state index in [1.807, 2.05) is 58.0 Å². The van der Waals surface area contributed by atoms with Crippen molar-refractivity contribution in [3.63, 3.8) is 0 Å². The van der Waals surface area contributed by atoms with Crippen LogP contribution in [0.2, 0.25) is 0 Å². The molecule has 11 nitrogen and oxygen atoms in total. The summed E-state index contributed by atoms with van der Waals surface area (Å²) in [5, 5.41) is 7.94. The molecule has 0 aliphatic carbocycles. The Morgan fingerprint density at radius 1 is 0.767 bits per heavy atom. The average Bonchev–Trinajstić information content (AvgIpc) is 2.87. The van der Waals surface area contributed by atoms with Gasteiger partial charge in [0.25, 0.3) is 0 Å². The lowest BCUT2D eigenvalue weighted by molar-refractivity contribution is -0.157. The van der Waals surface area contributed by atoms with E-state index in [1.165, 1.54) is 0 Å². The molecule has 0 bridgehead atoms. The molecule has 4 atom stereocenters. The van der Waals surface area contributed by atoms with Crippen molar-refractivity contribution in [1.82, 2.24) is 16.0 Å². The number of benzene rings is 1. The lowest BCUT2D eigenvalue weighted by Gasteiger charge is -2.28. The maximum absolute atomic E-state index is 13.5. The van der Waals surface area contributed by atoms with E-state index in [4.69, 9.17) is 15.2 Å². The van der Waals surface area contributed by atoms with Gasteiger partial charge in [0.05, 0.1) is 12.5 Å². The third kappa shape index (κ3) is 15.0. The number of ether oxygens (including phenoxy) is 2. The lowest BCUT2D eigenvalue weighted by Crippen LogP contribution is -2.59. The van der Waals surface area contributed by atoms with Crippen LogP contribution in [0.4, 0.5) is 0 Å². The van der Waals surface area contributed by atoms with Crippen molar-refractivity contribution in [2.24, 2.45) is 23.5 Å². The monoisotopic (exact) mass is 604 g/mol. The number of nitrogens with one attached hydrogen (secondary N) is 3. The zero-order valence-corrected chi connectivity index (χ0v) is 27.2. The summed E-state index contributed by atoms with van der Waals surface area (Å²) in [5.74, 6) is -3.45. The summed E-state index contributed by atoms with van der Waals surface area (Å²) < 4.78 is 10.9. The fraction of sp³-hybridized carbons (Fsp3) is 0.656. The molecular formula is C32H52N4O7. The Morgan fingerprint density at radius 3 is 1.84 bits per heavy atom. The summed E-state index contributed by atoms with van der Waals surface area (Å²) in [6.07, 6.45) is 0.207. The van der Waals surface area contributed by atoms with Crippen LogP contribution in [0.1, 0.15) is 87.1 Å². The Bertz CT molecular complexity index is 1070. The predicted molar refractivity (Wildman–Crippen MR) is 164 cm³/mol. The van der Waals surface area contributed by atoms with Gasteiger partial charge in [-0.1, -0.05) is 71.9 Å². The van der Waals surface area contributed by atoms with Gasteiger partial charge in [0.1, 0.15) is 30.3 Å². The van der Waals surface area contributed by atoms with E-state index >= 15 is 0 Å². The molecule has 0 fully saturated rings. The van der Waals surface area contributed by atoms with Crippen molar-refractivity contribution >= 4 is 29.7 Å². The number of hydrogen-bond donors (Lipinski definition) is 4.